The highest BCUT2D eigenvalue weighted by Gasteiger charge is 2.14. The maximum atomic E-state index is 12.4. The Morgan fingerprint density at radius 3 is 2.32 bits per heavy atom. The van der Waals surface area contributed by atoms with Crippen molar-refractivity contribution in [2.75, 3.05) is 17.1 Å². The van der Waals surface area contributed by atoms with Crippen LogP contribution in [-0.4, -0.2) is 26.5 Å². The summed E-state index contributed by atoms with van der Waals surface area (Å²) in [5.41, 5.74) is 2.73. The van der Waals surface area contributed by atoms with Crippen LogP contribution in [0.25, 0.3) is 0 Å². The number of aryl methyl sites for hydroxylation is 1. The van der Waals surface area contributed by atoms with Gasteiger partial charge in [0.2, 0.25) is 0 Å². The summed E-state index contributed by atoms with van der Waals surface area (Å²) in [7, 11) is -2.37. The second-order valence-electron chi connectivity index (χ2n) is 6.05. The van der Waals surface area contributed by atoms with Gasteiger partial charge in [-0.3, -0.25) is 4.72 Å². The Labute approximate surface area is 163 Å². The van der Waals surface area contributed by atoms with E-state index < -0.39 is 16.0 Å². The molecular formula is C20H19N3O4S. The van der Waals surface area contributed by atoms with Crippen LogP contribution < -0.4 is 10.0 Å². The van der Waals surface area contributed by atoms with Gasteiger partial charge in [0.25, 0.3) is 10.0 Å². The summed E-state index contributed by atoms with van der Waals surface area (Å²) in [6.45, 7) is 1.83. The van der Waals surface area contributed by atoms with Crippen LogP contribution in [0, 0.1) is 6.92 Å². The molecule has 0 radical (unpaired) electrons. The van der Waals surface area contributed by atoms with E-state index in [1.54, 1.807) is 48.5 Å². The molecule has 0 spiro atoms. The number of benzene rings is 2. The predicted octanol–water partition coefficient (Wildman–Crippen LogP) is 3.72. The maximum Gasteiger partial charge on any atom is 0.337 e. The fraction of sp³-hybridized carbons (Fsp3) is 0.100. The van der Waals surface area contributed by atoms with Crippen molar-refractivity contribution in [2.24, 2.45) is 0 Å². The molecule has 28 heavy (non-hydrogen) atoms. The van der Waals surface area contributed by atoms with Crippen LogP contribution >= 0.6 is 0 Å². The quantitative estimate of drug-likeness (QED) is 0.615. The zero-order valence-corrected chi connectivity index (χ0v) is 16.2. The van der Waals surface area contributed by atoms with Crippen molar-refractivity contribution in [3.05, 3.63) is 78.0 Å². The van der Waals surface area contributed by atoms with Gasteiger partial charge in [0.15, 0.2) is 0 Å². The summed E-state index contributed by atoms with van der Waals surface area (Å²) in [5.74, 6) is -0.188. The number of nitrogens with zero attached hydrogens (tertiary/aromatic N) is 1. The van der Waals surface area contributed by atoms with E-state index in [0.717, 1.165) is 11.3 Å². The number of aromatic nitrogens is 1. The molecule has 144 valence electrons. The summed E-state index contributed by atoms with van der Waals surface area (Å²) in [6.07, 6.45) is 1.52. The number of methoxy groups -OCH3 is 1. The highest BCUT2D eigenvalue weighted by atomic mass is 32.2. The third-order valence-corrected chi connectivity index (χ3v) is 5.25. The Morgan fingerprint density at radius 2 is 1.71 bits per heavy atom. The van der Waals surface area contributed by atoms with Crippen molar-refractivity contribution in [3.8, 4) is 0 Å². The van der Waals surface area contributed by atoms with Crippen LogP contribution in [0.4, 0.5) is 17.2 Å². The molecule has 0 saturated carbocycles. The van der Waals surface area contributed by atoms with Crippen molar-refractivity contribution in [1.29, 1.82) is 0 Å². The first-order valence-electron chi connectivity index (χ1n) is 8.38. The van der Waals surface area contributed by atoms with E-state index in [2.05, 4.69) is 19.8 Å². The molecule has 2 aromatic carbocycles. The molecule has 1 aromatic heterocycles. The molecule has 0 atom stereocenters. The molecule has 8 heteroatoms. The molecular weight excluding hydrogens is 378 g/mol. The highest BCUT2D eigenvalue weighted by molar-refractivity contribution is 7.92. The maximum absolute atomic E-state index is 12.4. The monoisotopic (exact) mass is 397 g/mol. The Kier molecular flexibility index (Phi) is 5.60. The average Bonchev–Trinajstić information content (AvgIpc) is 2.69. The molecule has 0 aliphatic heterocycles. The first-order chi connectivity index (χ1) is 13.4. The van der Waals surface area contributed by atoms with Crippen LogP contribution in [0.3, 0.4) is 0 Å². The number of sulfonamides is 1. The number of carbonyl (C=O) groups excluding carboxylic acids is 1. The molecule has 3 aromatic rings. The van der Waals surface area contributed by atoms with E-state index in [9.17, 15) is 13.2 Å². The van der Waals surface area contributed by atoms with Gasteiger partial charge in [0, 0.05) is 5.69 Å². The molecule has 0 aliphatic rings. The lowest BCUT2D eigenvalue weighted by Crippen LogP contribution is -2.14. The summed E-state index contributed by atoms with van der Waals surface area (Å²) in [5, 5.41) is 3.13. The van der Waals surface area contributed by atoms with Gasteiger partial charge in [-0.2, -0.15) is 0 Å². The van der Waals surface area contributed by atoms with Crippen LogP contribution in [0.2, 0.25) is 0 Å². The molecule has 7 nitrogen and oxygen atoms in total. The third-order valence-electron chi connectivity index (χ3n) is 3.90. The normalized spacial score (nSPS) is 10.9. The lowest BCUT2D eigenvalue weighted by molar-refractivity contribution is 0.0600. The minimum absolute atomic E-state index is 0.183. The minimum atomic E-state index is -3.70. The number of hydrogen-bond donors (Lipinski definition) is 2. The molecule has 1 heterocycles. The molecule has 3 rings (SSSR count). The number of hydrogen-bond acceptors (Lipinski definition) is 6. The summed E-state index contributed by atoms with van der Waals surface area (Å²) < 4.78 is 32.0. The van der Waals surface area contributed by atoms with Crippen LogP contribution in [0.1, 0.15) is 15.9 Å². The SMILES string of the molecule is COC(=O)c1ccc(Nc2ccc(NS(=O)(=O)c3cccc(C)c3)nc2)cc1. The number of esters is 1. The largest absolute Gasteiger partial charge is 0.465 e. The highest BCUT2D eigenvalue weighted by Crippen LogP contribution is 2.20. The van der Waals surface area contributed by atoms with E-state index in [1.165, 1.54) is 19.4 Å². The first-order valence-corrected chi connectivity index (χ1v) is 9.87. The Bertz CT molecular complexity index is 1080. The van der Waals surface area contributed by atoms with Crippen molar-refractivity contribution >= 4 is 33.2 Å². The summed E-state index contributed by atoms with van der Waals surface area (Å²) in [4.78, 5) is 15.8. The third kappa shape index (κ3) is 4.66. The molecule has 0 aliphatic carbocycles. The van der Waals surface area contributed by atoms with Gasteiger partial charge in [0.1, 0.15) is 5.82 Å². The molecule has 0 bridgehead atoms. The van der Waals surface area contributed by atoms with E-state index >= 15 is 0 Å². The summed E-state index contributed by atoms with van der Waals surface area (Å²) in [6, 6.07) is 16.7. The van der Waals surface area contributed by atoms with Gasteiger partial charge in [0.05, 0.1) is 29.5 Å². The lowest BCUT2D eigenvalue weighted by Gasteiger charge is -2.10. The zero-order valence-electron chi connectivity index (χ0n) is 15.3. The van der Waals surface area contributed by atoms with E-state index in [0.29, 0.717) is 11.3 Å². The standard InChI is InChI=1S/C20H19N3O4S/c1-14-4-3-5-18(12-14)28(25,26)23-19-11-10-17(13-21-19)22-16-8-6-15(7-9-16)20(24)27-2/h3-13,22H,1-2H3,(H,21,23). The van der Waals surface area contributed by atoms with Gasteiger partial charge in [-0.15, -0.1) is 0 Å². The molecule has 2 N–H and O–H groups in total. The van der Waals surface area contributed by atoms with Gasteiger partial charge in [-0.1, -0.05) is 12.1 Å². The number of ether oxygens (including phenoxy) is 1. The van der Waals surface area contributed by atoms with Crippen molar-refractivity contribution < 1.29 is 17.9 Å². The van der Waals surface area contributed by atoms with Crippen molar-refractivity contribution in [3.63, 3.8) is 0 Å². The van der Waals surface area contributed by atoms with Gasteiger partial charge >= 0.3 is 5.97 Å². The topological polar surface area (TPSA) is 97.4 Å². The van der Waals surface area contributed by atoms with Crippen molar-refractivity contribution in [1.82, 2.24) is 4.98 Å². The Hall–Kier alpha value is -3.39. The number of rotatable bonds is 6. The smallest absolute Gasteiger partial charge is 0.337 e. The Morgan fingerprint density at radius 1 is 1.00 bits per heavy atom. The first kappa shape index (κ1) is 19.4. The fourth-order valence-corrected chi connectivity index (χ4v) is 3.59. The van der Waals surface area contributed by atoms with Gasteiger partial charge in [-0.05, 0) is 61.0 Å². The van der Waals surface area contributed by atoms with Gasteiger partial charge < -0.3 is 10.1 Å². The number of nitrogens with one attached hydrogen (secondary N) is 2. The number of anilines is 3. The second kappa shape index (κ2) is 8.10. The predicted molar refractivity (Wildman–Crippen MR) is 107 cm³/mol. The van der Waals surface area contributed by atoms with Crippen LogP contribution in [0.15, 0.2) is 71.8 Å². The fourth-order valence-electron chi connectivity index (χ4n) is 2.48. The van der Waals surface area contributed by atoms with Gasteiger partial charge in [-0.25, -0.2) is 18.2 Å². The van der Waals surface area contributed by atoms with Crippen molar-refractivity contribution in [2.45, 2.75) is 11.8 Å². The molecule has 0 amide bonds. The lowest BCUT2D eigenvalue weighted by atomic mass is 10.2. The molecule has 0 fully saturated rings. The second-order valence-corrected chi connectivity index (χ2v) is 7.73. The van der Waals surface area contributed by atoms with E-state index in [-0.39, 0.29) is 10.7 Å². The van der Waals surface area contributed by atoms with Crippen LogP contribution in [-0.2, 0) is 14.8 Å². The average molecular weight is 397 g/mol. The number of pyridine rings is 1. The van der Waals surface area contributed by atoms with E-state index in [4.69, 9.17) is 0 Å². The zero-order chi connectivity index (χ0) is 20.1. The number of carbonyl (C=O) groups is 1. The molecule has 0 unspecified atom stereocenters. The van der Waals surface area contributed by atoms with Crippen LogP contribution in [0.5, 0.6) is 0 Å². The van der Waals surface area contributed by atoms with E-state index in [1.807, 2.05) is 13.0 Å². The summed E-state index contributed by atoms with van der Waals surface area (Å²) >= 11 is 0. The molecule has 0 saturated heterocycles. The minimum Gasteiger partial charge on any atom is -0.465 e. The Balaban J connectivity index is 1.69.